The molecule has 29 heavy (non-hydrogen) atoms. The number of hydrogen-bond donors (Lipinski definition) is 2. The van der Waals surface area contributed by atoms with E-state index < -0.39 is 10.2 Å². The summed E-state index contributed by atoms with van der Waals surface area (Å²) in [7, 11) is -0.776. The quantitative estimate of drug-likeness (QED) is 0.672. The van der Waals surface area contributed by atoms with E-state index in [1.54, 1.807) is 4.68 Å². The summed E-state index contributed by atoms with van der Waals surface area (Å²) in [6.07, 6.45) is 0.767. The van der Waals surface area contributed by atoms with Gasteiger partial charge in [0.05, 0.1) is 12.1 Å². The van der Waals surface area contributed by atoms with E-state index in [1.165, 1.54) is 19.7 Å². The lowest BCUT2D eigenvalue weighted by Gasteiger charge is -2.31. The van der Waals surface area contributed by atoms with Gasteiger partial charge in [-0.1, -0.05) is 60.2 Å². The van der Waals surface area contributed by atoms with E-state index in [0.29, 0.717) is 5.95 Å². The van der Waals surface area contributed by atoms with E-state index in [2.05, 4.69) is 63.4 Å². The zero-order valence-corrected chi connectivity index (χ0v) is 17.4. The van der Waals surface area contributed by atoms with E-state index >= 15 is 0 Å². The number of hydrogen-bond acceptors (Lipinski definition) is 5. The molecule has 2 heterocycles. The van der Waals surface area contributed by atoms with Gasteiger partial charge in [-0.05, 0) is 24.5 Å². The Balaban J connectivity index is 1.73. The molecule has 0 unspecified atom stereocenters. The highest BCUT2D eigenvalue weighted by Crippen LogP contribution is 2.38. The Morgan fingerprint density at radius 3 is 2.41 bits per heavy atom. The lowest BCUT2D eigenvalue weighted by atomic mass is 9.93. The minimum Gasteiger partial charge on any atom is -0.347 e. The van der Waals surface area contributed by atoms with Crippen LogP contribution in [0.15, 0.2) is 54.6 Å². The van der Waals surface area contributed by atoms with Gasteiger partial charge in [-0.2, -0.15) is 17.7 Å². The molecule has 0 bridgehead atoms. The van der Waals surface area contributed by atoms with Crippen LogP contribution in [0.1, 0.15) is 35.2 Å². The second kappa shape index (κ2) is 7.49. The number of benzene rings is 2. The van der Waals surface area contributed by atoms with Crippen molar-refractivity contribution in [2.45, 2.75) is 25.4 Å². The maximum Gasteiger partial charge on any atom is 0.303 e. The van der Waals surface area contributed by atoms with Gasteiger partial charge >= 0.3 is 10.2 Å². The molecule has 2 atom stereocenters. The molecule has 0 spiro atoms. The first-order valence-corrected chi connectivity index (χ1v) is 10.8. The average Bonchev–Trinajstić information content (AvgIpc) is 3.10. The summed E-state index contributed by atoms with van der Waals surface area (Å²) in [6.45, 7) is 2.06. The molecular formula is C20H24N6O2S. The number of aryl methyl sites for hydroxylation is 1. The largest absolute Gasteiger partial charge is 0.347 e. The molecule has 1 aromatic heterocycles. The third kappa shape index (κ3) is 3.96. The first kappa shape index (κ1) is 19.4. The Morgan fingerprint density at radius 1 is 1.07 bits per heavy atom. The van der Waals surface area contributed by atoms with Crippen LogP contribution in [0.5, 0.6) is 0 Å². The molecule has 0 fully saturated rings. The molecule has 3 aromatic rings. The lowest BCUT2D eigenvalue weighted by molar-refractivity contribution is 0.431. The van der Waals surface area contributed by atoms with Crippen LogP contribution in [0.4, 0.5) is 11.9 Å². The molecule has 0 saturated heterocycles. The van der Waals surface area contributed by atoms with Gasteiger partial charge in [0, 0.05) is 14.1 Å². The van der Waals surface area contributed by atoms with Crippen LogP contribution in [0.2, 0.25) is 0 Å². The maximum atomic E-state index is 12.2. The molecule has 2 N–H and O–H groups in total. The Kier molecular flexibility index (Phi) is 5.01. The molecule has 9 heteroatoms. The Labute approximate surface area is 170 Å². The van der Waals surface area contributed by atoms with Crippen LogP contribution >= 0.6 is 0 Å². The Bertz CT molecular complexity index is 1090. The van der Waals surface area contributed by atoms with E-state index in [1.807, 2.05) is 18.2 Å². The van der Waals surface area contributed by atoms with Crippen LogP contribution in [0.25, 0.3) is 0 Å². The van der Waals surface area contributed by atoms with Gasteiger partial charge < -0.3 is 5.32 Å². The van der Waals surface area contributed by atoms with Crippen molar-refractivity contribution in [1.29, 1.82) is 0 Å². The van der Waals surface area contributed by atoms with Gasteiger partial charge in [0.25, 0.3) is 5.95 Å². The number of rotatable bonds is 5. The second-order valence-electron chi connectivity index (χ2n) is 7.36. The van der Waals surface area contributed by atoms with Gasteiger partial charge in [-0.15, -0.1) is 5.10 Å². The van der Waals surface area contributed by atoms with Crippen LogP contribution < -0.4 is 10.0 Å². The predicted octanol–water partition coefficient (Wildman–Crippen LogP) is 2.95. The molecule has 152 valence electrons. The molecule has 0 amide bonds. The zero-order valence-electron chi connectivity index (χ0n) is 16.6. The minimum absolute atomic E-state index is 0.0378. The third-order valence-corrected chi connectivity index (χ3v) is 6.46. The molecule has 8 nitrogen and oxygen atoms in total. The van der Waals surface area contributed by atoms with Crippen LogP contribution in [-0.2, 0) is 10.2 Å². The van der Waals surface area contributed by atoms with Gasteiger partial charge in [0.2, 0.25) is 5.95 Å². The molecule has 2 aromatic carbocycles. The van der Waals surface area contributed by atoms with Gasteiger partial charge in [-0.25, -0.2) is 9.40 Å². The minimum atomic E-state index is -3.69. The number of nitrogens with one attached hydrogen (secondary N) is 2. The molecule has 0 radical (unpaired) electrons. The standard InChI is InChI=1S/C20H24N6O2S/c1-14-9-11-15(12-10-14)17-13-18(16-7-5-4-6-8-16)26-20(21-17)22-19(23-26)24-29(27,28)25(2)3/h4-12,17-18H,13H2,1-3H3,(H2,21,22,23,24)/t17-,18-/m0/s1. The highest BCUT2D eigenvalue weighted by Gasteiger charge is 2.31. The Hall–Kier alpha value is -2.91. The molecular weight excluding hydrogens is 388 g/mol. The second-order valence-corrected chi connectivity index (χ2v) is 9.25. The zero-order chi connectivity index (χ0) is 20.6. The summed E-state index contributed by atoms with van der Waals surface area (Å²) in [4.78, 5) is 4.41. The first-order valence-electron chi connectivity index (χ1n) is 9.38. The topological polar surface area (TPSA) is 92.2 Å². The summed E-state index contributed by atoms with van der Waals surface area (Å²) in [5, 5.41) is 7.85. The van der Waals surface area contributed by atoms with Gasteiger partial charge in [-0.3, -0.25) is 0 Å². The van der Waals surface area contributed by atoms with Crippen LogP contribution in [0.3, 0.4) is 0 Å². The molecule has 1 aliphatic heterocycles. The monoisotopic (exact) mass is 412 g/mol. The highest BCUT2D eigenvalue weighted by atomic mass is 32.2. The third-order valence-electron chi connectivity index (χ3n) is 5.05. The fourth-order valence-electron chi connectivity index (χ4n) is 3.40. The summed E-state index contributed by atoms with van der Waals surface area (Å²) in [5.74, 6) is 0.582. The van der Waals surface area contributed by atoms with Crippen molar-refractivity contribution < 1.29 is 8.42 Å². The van der Waals surface area contributed by atoms with Crippen molar-refractivity contribution in [2.75, 3.05) is 24.1 Å². The maximum absolute atomic E-state index is 12.2. The first-order chi connectivity index (χ1) is 13.8. The summed E-state index contributed by atoms with van der Waals surface area (Å²) >= 11 is 0. The van der Waals surface area contributed by atoms with Crippen LogP contribution in [-0.4, -0.2) is 41.6 Å². The van der Waals surface area contributed by atoms with E-state index in [9.17, 15) is 8.42 Å². The number of fused-ring (bicyclic) bond motifs is 1. The number of aromatic nitrogens is 3. The summed E-state index contributed by atoms with van der Waals surface area (Å²) < 4.78 is 29.6. The molecule has 4 rings (SSSR count). The fourth-order valence-corrected chi connectivity index (χ4v) is 3.90. The molecule has 0 aliphatic carbocycles. The number of nitrogens with zero attached hydrogens (tertiary/aromatic N) is 4. The van der Waals surface area contributed by atoms with Gasteiger partial charge in [0.1, 0.15) is 0 Å². The van der Waals surface area contributed by atoms with Crippen LogP contribution in [0, 0.1) is 6.92 Å². The van der Waals surface area contributed by atoms with Crippen molar-refractivity contribution in [2.24, 2.45) is 0 Å². The van der Waals surface area contributed by atoms with E-state index in [0.717, 1.165) is 21.9 Å². The van der Waals surface area contributed by atoms with E-state index in [4.69, 9.17) is 0 Å². The van der Waals surface area contributed by atoms with Crippen molar-refractivity contribution in [1.82, 2.24) is 19.1 Å². The predicted molar refractivity (Wildman–Crippen MR) is 113 cm³/mol. The normalized spacial score (nSPS) is 18.9. The molecule has 0 saturated carbocycles. The van der Waals surface area contributed by atoms with Crippen molar-refractivity contribution >= 4 is 22.1 Å². The number of anilines is 2. The smallest absolute Gasteiger partial charge is 0.303 e. The van der Waals surface area contributed by atoms with E-state index in [-0.39, 0.29) is 18.0 Å². The average molecular weight is 413 g/mol. The highest BCUT2D eigenvalue weighted by molar-refractivity contribution is 7.90. The van der Waals surface area contributed by atoms with Gasteiger partial charge in [0.15, 0.2) is 0 Å². The van der Waals surface area contributed by atoms with Crippen molar-refractivity contribution in [3.63, 3.8) is 0 Å². The Morgan fingerprint density at radius 2 is 1.76 bits per heavy atom. The van der Waals surface area contributed by atoms with Crippen molar-refractivity contribution in [3.8, 4) is 0 Å². The lowest BCUT2D eigenvalue weighted by Crippen LogP contribution is -2.29. The SMILES string of the molecule is Cc1ccc([C@@H]2C[C@@H](c3ccccc3)n3nc(NS(=O)(=O)N(C)C)nc3N2)cc1. The fraction of sp³-hybridized carbons (Fsp3) is 0.300. The molecule has 1 aliphatic rings. The summed E-state index contributed by atoms with van der Waals surface area (Å²) in [5.41, 5.74) is 3.45. The van der Waals surface area contributed by atoms with Crippen molar-refractivity contribution in [3.05, 3.63) is 71.3 Å². The summed E-state index contributed by atoms with van der Waals surface area (Å²) in [6, 6.07) is 18.4.